The molecule has 188 valence electrons. The molecule has 0 aliphatic heterocycles. The summed E-state index contributed by atoms with van der Waals surface area (Å²) < 4.78 is 34.0. The zero-order valence-electron chi connectivity index (χ0n) is 18.7. The number of carbonyl (C=O) groups is 1. The number of oxazole rings is 1. The molecule has 2 N–H and O–H groups in total. The lowest BCUT2D eigenvalue weighted by Crippen LogP contribution is -2.33. The van der Waals surface area contributed by atoms with Gasteiger partial charge in [-0.25, -0.2) is 13.2 Å². The van der Waals surface area contributed by atoms with E-state index in [1.165, 1.54) is 47.0 Å². The average molecular weight is 550 g/mol. The van der Waals surface area contributed by atoms with Crippen molar-refractivity contribution >= 4 is 61.6 Å². The number of aromatic nitrogens is 1. The summed E-state index contributed by atoms with van der Waals surface area (Å²) in [6.45, 7) is -0.489. The number of hydrogen-bond acceptors (Lipinski definition) is 6. The van der Waals surface area contributed by atoms with E-state index < -0.39 is 22.4 Å². The van der Waals surface area contributed by atoms with Crippen LogP contribution in [-0.4, -0.2) is 37.2 Å². The maximum Gasteiger partial charge on any atom is 0.419 e. The Balaban J connectivity index is 1.46. The van der Waals surface area contributed by atoms with Gasteiger partial charge in [0.25, 0.3) is 10.0 Å². The van der Waals surface area contributed by atoms with Gasteiger partial charge in [-0.3, -0.25) is 13.7 Å². The number of hydrogen-bond donors (Lipinski definition) is 2. The Morgan fingerprint density at radius 1 is 1.03 bits per heavy atom. The number of carbonyl (C=O) groups excluding carboxylic acids is 1. The fraction of sp³-hybridized carbons (Fsp3) is 0.167. The Hall–Kier alpha value is -3.31. The molecule has 0 aliphatic carbocycles. The standard InChI is InChI=1S/C24H21Cl2N3O6S/c25-19-10-7-17(15-20(19)26)29(13-14-30)36(33,34)18-8-5-16(6-9-18)27-23(31)11-12-28-21-3-1-2-4-22(21)35-24(28)32/h1-10,15,30H,11-14H2,(H,27,31). The largest absolute Gasteiger partial charge is 0.419 e. The van der Waals surface area contributed by atoms with Gasteiger partial charge in [0.1, 0.15) is 0 Å². The molecule has 1 heterocycles. The van der Waals surface area contributed by atoms with Crippen LogP contribution in [0.25, 0.3) is 11.1 Å². The molecule has 0 fully saturated rings. The van der Waals surface area contributed by atoms with Crippen LogP contribution in [0.5, 0.6) is 0 Å². The summed E-state index contributed by atoms with van der Waals surface area (Å²) in [5.74, 6) is -0.909. The Labute approximate surface area is 216 Å². The number of nitrogens with zero attached hydrogens (tertiary/aromatic N) is 2. The summed E-state index contributed by atoms with van der Waals surface area (Å²) in [4.78, 5) is 24.4. The van der Waals surface area contributed by atoms with Crippen molar-refractivity contribution in [2.45, 2.75) is 17.9 Å². The number of aryl methyl sites for hydroxylation is 1. The normalized spacial score (nSPS) is 11.5. The number of anilines is 2. The molecular weight excluding hydrogens is 529 g/mol. The highest BCUT2D eigenvalue weighted by molar-refractivity contribution is 7.92. The molecule has 0 saturated heterocycles. The van der Waals surface area contributed by atoms with Crippen molar-refractivity contribution in [2.75, 3.05) is 22.8 Å². The van der Waals surface area contributed by atoms with Crippen LogP contribution in [0.4, 0.5) is 11.4 Å². The predicted octanol–water partition coefficient (Wildman–Crippen LogP) is 4.12. The number of halogens is 2. The highest BCUT2D eigenvalue weighted by Crippen LogP contribution is 2.30. The summed E-state index contributed by atoms with van der Waals surface area (Å²) in [7, 11) is -4.05. The first-order valence-electron chi connectivity index (χ1n) is 10.8. The molecule has 36 heavy (non-hydrogen) atoms. The number of benzene rings is 3. The minimum Gasteiger partial charge on any atom is -0.408 e. The second-order valence-corrected chi connectivity index (χ2v) is 10.4. The zero-order chi connectivity index (χ0) is 25.9. The SMILES string of the molecule is O=C(CCn1c(=O)oc2ccccc21)Nc1ccc(S(=O)(=O)N(CCO)c2ccc(Cl)c(Cl)c2)cc1. The topological polar surface area (TPSA) is 122 Å². The molecule has 0 unspecified atom stereocenters. The summed E-state index contributed by atoms with van der Waals surface area (Å²) in [6.07, 6.45) is 0.00505. The van der Waals surface area contributed by atoms with Crippen molar-refractivity contribution in [3.05, 3.63) is 87.3 Å². The Morgan fingerprint density at radius 2 is 1.75 bits per heavy atom. The third kappa shape index (κ3) is 5.41. The summed E-state index contributed by atoms with van der Waals surface area (Å²) >= 11 is 12.0. The summed E-state index contributed by atoms with van der Waals surface area (Å²) in [6, 6.07) is 16.9. The maximum absolute atomic E-state index is 13.2. The monoisotopic (exact) mass is 549 g/mol. The summed E-state index contributed by atoms with van der Waals surface area (Å²) in [5.41, 5.74) is 1.67. The fourth-order valence-electron chi connectivity index (χ4n) is 3.62. The van der Waals surface area contributed by atoms with Crippen molar-refractivity contribution < 1.29 is 22.7 Å². The van der Waals surface area contributed by atoms with E-state index in [4.69, 9.17) is 27.6 Å². The number of nitrogens with one attached hydrogen (secondary N) is 1. The van der Waals surface area contributed by atoms with Crippen LogP contribution in [0.15, 0.2) is 80.8 Å². The molecule has 4 rings (SSSR count). The zero-order valence-corrected chi connectivity index (χ0v) is 21.1. The van der Waals surface area contributed by atoms with Crippen molar-refractivity contribution in [1.29, 1.82) is 0 Å². The Morgan fingerprint density at radius 3 is 2.44 bits per heavy atom. The number of amides is 1. The van der Waals surface area contributed by atoms with Gasteiger partial charge >= 0.3 is 5.76 Å². The summed E-state index contributed by atoms with van der Waals surface area (Å²) in [5, 5.41) is 12.6. The van der Waals surface area contributed by atoms with E-state index in [1.807, 2.05) is 0 Å². The molecule has 0 radical (unpaired) electrons. The number of aliphatic hydroxyl groups is 1. The molecule has 0 spiro atoms. The van der Waals surface area contributed by atoms with Crippen molar-refractivity contribution in [3.8, 4) is 0 Å². The van der Waals surface area contributed by atoms with Gasteiger partial charge in [0.05, 0.1) is 39.3 Å². The van der Waals surface area contributed by atoms with Crippen LogP contribution in [0.2, 0.25) is 10.0 Å². The molecule has 1 aromatic heterocycles. The van der Waals surface area contributed by atoms with Gasteiger partial charge in [-0.05, 0) is 54.6 Å². The van der Waals surface area contributed by atoms with Crippen molar-refractivity contribution in [2.24, 2.45) is 0 Å². The van der Waals surface area contributed by atoms with Gasteiger partial charge in [0.15, 0.2) is 5.58 Å². The fourth-order valence-corrected chi connectivity index (χ4v) is 5.36. The minimum atomic E-state index is -4.05. The second-order valence-electron chi connectivity index (χ2n) is 7.71. The van der Waals surface area contributed by atoms with Crippen LogP contribution in [0.3, 0.4) is 0 Å². The molecule has 0 aliphatic rings. The van der Waals surface area contributed by atoms with Gasteiger partial charge in [0, 0.05) is 18.7 Å². The average Bonchev–Trinajstić information content (AvgIpc) is 3.18. The first-order valence-corrected chi connectivity index (χ1v) is 13.0. The first kappa shape index (κ1) is 25.8. The number of rotatable bonds is 9. The van der Waals surface area contributed by atoms with Gasteiger partial charge < -0.3 is 14.8 Å². The lowest BCUT2D eigenvalue weighted by molar-refractivity contribution is -0.116. The van der Waals surface area contributed by atoms with E-state index in [1.54, 1.807) is 24.3 Å². The molecule has 12 heteroatoms. The predicted molar refractivity (Wildman–Crippen MR) is 138 cm³/mol. The first-order chi connectivity index (χ1) is 17.2. The van der Waals surface area contributed by atoms with E-state index in [0.717, 1.165) is 4.31 Å². The molecule has 0 saturated carbocycles. The van der Waals surface area contributed by atoms with E-state index >= 15 is 0 Å². The van der Waals surface area contributed by atoms with Crippen LogP contribution in [-0.2, 0) is 21.4 Å². The highest BCUT2D eigenvalue weighted by atomic mass is 35.5. The highest BCUT2D eigenvalue weighted by Gasteiger charge is 2.25. The van der Waals surface area contributed by atoms with Gasteiger partial charge in [-0.1, -0.05) is 35.3 Å². The third-order valence-corrected chi connectivity index (χ3v) is 7.94. The van der Waals surface area contributed by atoms with Gasteiger partial charge in [-0.15, -0.1) is 0 Å². The lowest BCUT2D eigenvalue weighted by atomic mass is 10.3. The Kier molecular flexibility index (Phi) is 7.70. The lowest BCUT2D eigenvalue weighted by Gasteiger charge is -2.24. The van der Waals surface area contributed by atoms with Gasteiger partial charge in [-0.2, -0.15) is 0 Å². The smallest absolute Gasteiger partial charge is 0.408 e. The molecule has 9 nitrogen and oxygen atoms in total. The van der Waals surface area contributed by atoms with Crippen molar-refractivity contribution in [3.63, 3.8) is 0 Å². The molecule has 0 atom stereocenters. The number of aliphatic hydroxyl groups excluding tert-OH is 1. The molecule has 0 bridgehead atoms. The van der Waals surface area contributed by atoms with E-state index in [-0.39, 0.29) is 46.0 Å². The number of para-hydroxylation sites is 2. The van der Waals surface area contributed by atoms with E-state index in [9.17, 15) is 23.1 Å². The van der Waals surface area contributed by atoms with E-state index in [0.29, 0.717) is 16.8 Å². The van der Waals surface area contributed by atoms with E-state index in [2.05, 4.69) is 5.32 Å². The van der Waals surface area contributed by atoms with Crippen LogP contribution in [0.1, 0.15) is 6.42 Å². The van der Waals surface area contributed by atoms with Crippen LogP contribution in [0, 0.1) is 0 Å². The quantitative estimate of drug-likeness (QED) is 0.324. The molecular formula is C24H21Cl2N3O6S. The maximum atomic E-state index is 13.2. The Bertz CT molecular complexity index is 1570. The molecule has 4 aromatic rings. The van der Waals surface area contributed by atoms with Crippen LogP contribution >= 0.6 is 23.2 Å². The van der Waals surface area contributed by atoms with Crippen LogP contribution < -0.4 is 15.4 Å². The minimum absolute atomic E-state index is 0.00505. The van der Waals surface area contributed by atoms with Gasteiger partial charge in [0.2, 0.25) is 5.91 Å². The number of fused-ring (bicyclic) bond motifs is 1. The number of sulfonamides is 1. The second kappa shape index (κ2) is 10.8. The molecule has 1 amide bonds. The van der Waals surface area contributed by atoms with Crippen molar-refractivity contribution in [1.82, 2.24) is 4.57 Å². The third-order valence-electron chi connectivity index (χ3n) is 5.36. The molecule has 3 aromatic carbocycles.